The second-order valence-corrected chi connectivity index (χ2v) is 4.84. The Balaban J connectivity index is 1.81. The average molecular weight is 269 g/mol. The van der Waals surface area contributed by atoms with E-state index in [0.717, 1.165) is 16.8 Å². The number of benzene rings is 2. The highest BCUT2D eigenvalue weighted by atomic mass is 16.5. The molecule has 0 aliphatic heterocycles. The Bertz CT molecular complexity index is 579. The van der Waals surface area contributed by atoms with E-state index >= 15 is 0 Å². The predicted molar refractivity (Wildman–Crippen MR) is 80.6 cm³/mol. The van der Waals surface area contributed by atoms with Gasteiger partial charge in [-0.2, -0.15) is 0 Å². The molecule has 0 aliphatic carbocycles. The second kappa shape index (κ2) is 6.87. The second-order valence-electron chi connectivity index (χ2n) is 4.84. The highest BCUT2D eigenvalue weighted by Crippen LogP contribution is 2.15. The van der Waals surface area contributed by atoms with Gasteiger partial charge in [0.25, 0.3) is 0 Å². The SMILES string of the molecule is Cc1ccc(NC(=O)COCc2ccccc2)c(C)c1. The molecule has 2 rings (SSSR count). The summed E-state index contributed by atoms with van der Waals surface area (Å²) in [6.07, 6.45) is 0. The van der Waals surface area contributed by atoms with Crippen LogP contribution < -0.4 is 5.32 Å². The first-order valence-electron chi connectivity index (χ1n) is 6.64. The molecule has 0 aliphatic rings. The van der Waals surface area contributed by atoms with Crippen molar-refractivity contribution in [2.45, 2.75) is 20.5 Å². The molecule has 0 aromatic heterocycles. The van der Waals surface area contributed by atoms with E-state index < -0.39 is 0 Å². The fourth-order valence-electron chi connectivity index (χ4n) is 1.98. The Hall–Kier alpha value is -2.13. The van der Waals surface area contributed by atoms with Crippen LogP contribution in [0.1, 0.15) is 16.7 Å². The van der Waals surface area contributed by atoms with Gasteiger partial charge in [-0.1, -0.05) is 48.0 Å². The lowest BCUT2D eigenvalue weighted by atomic mass is 10.1. The molecule has 0 heterocycles. The summed E-state index contributed by atoms with van der Waals surface area (Å²) in [5, 5.41) is 2.86. The predicted octanol–water partition coefficient (Wildman–Crippen LogP) is 3.46. The molecule has 0 atom stereocenters. The molecule has 2 aromatic carbocycles. The molecule has 20 heavy (non-hydrogen) atoms. The number of carbonyl (C=O) groups excluding carboxylic acids is 1. The van der Waals surface area contributed by atoms with E-state index in [1.165, 1.54) is 5.56 Å². The Morgan fingerprint density at radius 3 is 2.55 bits per heavy atom. The summed E-state index contributed by atoms with van der Waals surface area (Å²) in [7, 11) is 0. The Labute approximate surface area is 119 Å². The smallest absolute Gasteiger partial charge is 0.250 e. The molecular formula is C17H19NO2. The largest absolute Gasteiger partial charge is 0.367 e. The third kappa shape index (κ3) is 4.21. The van der Waals surface area contributed by atoms with Crippen molar-refractivity contribution < 1.29 is 9.53 Å². The number of ether oxygens (including phenoxy) is 1. The van der Waals surface area contributed by atoms with Crippen molar-refractivity contribution in [1.29, 1.82) is 0 Å². The minimum atomic E-state index is -0.132. The van der Waals surface area contributed by atoms with Crippen LogP contribution in [0.4, 0.5) is 5.69 Å². The molecule has 1 amide bonds. The number of amides is 1. The lowest BCUT2D eigenvalue weighted by Crippen LogP contribution is -2.18. The minimum absolute atomic E-state index is 0.0577. The summed E-state index contributed by atoms with van der Waals surface area (Å²) in [6, 6.07) is 15.7. The van der Waals surface area contributed by atoms with Gasteiger partial charge in [0.2, 0.25) is 5.91 Å². The van der Waals surface area contributed by atoms with Gasteiger partial charge >= 0.3 is 0 Å². The molecule has 0 unspecified atom stereocenters. The number of anilines is 1. The average Bonchev–Trinajstić information content (AvgIpc) is 2.43. The van der Waals surface area contributed by atoms with E-state index in [1.54, 1.807) is 0 Å². The maximum Gasteiger partial charge on any atom is 0.250 e. The molecule has 2 aromatic rings. The third-order valence-electron chi connectivity index (χ3n) is 3.00. The van der Waals surface area contributed by atoms with Crippen molar-refractivity contribution in [1.82, 2.24) is 0 Å². The summed E-state index contributed by atoms with van der Waals surface area (Å²) in [5.74, 6) is -0.132. The van der Waals surface area contributed by atoms with Crippen LogP contribution in [0, 0.1) is 13.8 Å². The van der Waals surface area contributed by atoms with Gasteiger partial charge in [-0.25, -0.2) is 0 Å². The molecule has 0 radical (unpaired) electrons. The number of carbonyl (C=O) groups is 1. The number of hydrogen-bond acceptors (Lipinski definition) is 2. The maximum absolute atomic E-state index is 11.8. The molecule has 1 N–H and O–H groups in total. The number of aryl methyl sites for hydroxylation is 2. The molecule has 0 spiro atoms. The van der Waals surface area contributed by atoms with Crippen LogP contribution in [0.25, 0.3) is 0 Å². The fraction of sp³-hybridized carbons (Fsp3) is 0.235. The molecule has 104 valence electrons. The zero-order chi connectivity index (χ0) is 14.4. The molecule has 0 saturated heterocycles. The molecular weight excluding hydrogens is 250 g/mol. The van der Waals surface area contributed by atoms with E-state index in [0.29, 0.717) is 6.61 Å². The summed E-state index contributed by atoms with van der Waals surface area (Å²) in [5.41, 5.74) is 4.14. The van der Waals surface area contributed by atoms with Crippen LogP contribution in [-0.2, 0) is 16.1 Å². The Kier molecular flexibility index (Phi) is 4.91. The molecule has 0 bridgehead atoms. The monoisotopic (exact) mass is 269 g/mol. The first kappa shape index (κ1) is 14.3. The number of hydrogen-bond donors (Lipinski definition) is 1. The highest BCUT2D eigenvalue weighted by Gasteiger charge is 2.05. The molecule has 3 heteroatoms. The normalized spacial score (nSPS) is 10.3. The highest BCUT2D eigenvalue weighted by molar-refractivity contribution is 5.92. The number of rotatable bonds is 5. The molecule has 0 saturated carbocycles. The summed E-state index contributed by atoms with van der Waals surface area (Å²) in [6.45, 7) is 4.51. The van der Waals surface area contributed by atoms with Crippen molar-refractivity contribution >= 4 is 11.6 Å². The van der Waals surface area contributed by atoms with Gasteiger partial charge in [0.05, 0.1) is 6.61 Å². The Morgan fingerprint density at radius 1 is 1.10 bits per heavy atom. The lowest BCUT2D eigenvalue weighted by molar-refractivity contribution is -0.121. The topological polar surface area (TPSA) is 38.3 Å². The fourth-order valence-corrected chi connectivity index (χ4v) is 1.98. The van der Waals surface area contributed by atoms with Gasteiger partial charge in [0, 0.05) is 5.69 Å². The van der Waals surface area contributed by atoms with Crippen molar-refractivity contribution in [3.8, 4) is 0 Å². The summed E-state index contributed by atoms with van der Waals surface area (Å²) >= 11 is 0. The van der Waals surface area contributed by atoms with Crippen molar-refractivity contribution in [3.63, 3.8) is 0 Å². The van der Waals surface area contributed by atoms with E-state index in [2.05, 4.69) is 5.32 Å². The first-order chi connectivity index (χ1) is 9.65. The standard InChI is InChI=1S/C17H19NO2/c1-13-8-9-16(14(2)10-13)18-17(19)12-20-11-15-6-4-3-5-7-15/h3-10H,11-12H2,1-2H3,(H,18,19). The van der Waals surface area contributed by atoms with Crippen molar-refractivity contribution in [2.24, 2.45) is 0 Å². The van der Waals surface area contributed by atoms with E-state index in [4.69, 9.17) is 4.74 Å². The van der Waals surface area contributed by atoms with Gasteiger partial charge in [0.1, 0.15) is 6.61 Å². The van der Waals surface area contributed by atoms with Gasteiger partial charge < -0.3 is 10.1 Å². The Morgan fingerprint density at radius 2 is 1.85 bits per heavy atom. The van der Waals surface area contributed by atoms with Gasteiger partial charge in [0.15, 0.2) is 0 Å². The van der Waals surface area contributed by atoms with Crippen LogP contribution in [0.3, 0.4) is 0 Å². The summed E-state index contributed by atoms with van der Waals surface area (Å²) < 4.78 is 5.41. The van der Waals surface area contributed by atoms with Gasteiger partial charge in [-0.15, -0.1) is 0 Å². The number of nitrogens with one attached hydrogen (secondary N) is 1. The maximum atomic E-state index is 11.8. The van der Waals surface area contributed by atoms with Crippen molar-refractivity contribution in [3.05, 3.63) is 65.2 Å². The van der Waals surface area contributed by atoms with E-state index in [9.17, 15) is 4.79 Å². The zero-order valence-corrected chi connectivity index (χ0v) is 11.8. The van der Waals surface area contributed by atoms with Gasteiger partial charge in [-0.05, 0) is 31.0 Å². The molecule has 3 nitrogen and oxygen atoms in total. The summed E-state index contributed by atoms with van der Waals surface area (Å²) in [4.78, 5) is 11.8. The zero-order valence-electron chi connectivity index (χ0n) is 11.8. The van der Waals surface area contributed by atoms with Gasteiger partial charge in [-0.3, -0.25) is 4.79 Å². The minimum Gasteiger partial charge on any atom is -0.367 e. The molecule has 0 fully saturated rings. The van der Waals surface area contributed by atoms with Crippen molar-refractivity contribution in [2.75, 3.05) is 11.9 Å². The van der Waals surface area contributed by atoms with E-state index in [-0.39, 0.29) is 12.5 Å². The first-order valence-corrected chi connectivity index (χ1v) is 6.64. The van der Waals surface area contributed by atoms with Crippen LogP contribution in [0.5, 0.6) is 0 Å². The van der Waals surface area contributed by atoms with Crippen LogP contribution >= 0.6 is 0 Å². The third-order valence-corrected chi connectivity index (χ3v) is 3.00. The van der Waals surface area contributed by atoms with E-state index in [1.807, 2.05) is 62.4 Å². The lowest BCUT2D eigenvalue weighted by Gasteiger charge is -2.09. The van der Waals surface area contributed by atoms with Crippen LogP contribution in [0.15, 0.2) is 48.5 Å². The van der Waals surface area contributed by atoms with Crippen LogP contribution in [0.2, 0.25) is 0 Å². The van der Waals surface area contributed by atoms with Crippen LogP contribution in [-0.4, -0.2) is 12.5 Å². The quantitative estimate of drug-likeness (QED) is 0.902.